The minimum absolute atomic E-state index is 0.229. The van der Waals surface area contributed by atoms with Gasteiger partial charge in [-0.1, -0.05) is 66.7 Å². The number of benzene rings is 4. The summed E-state index contributed by atoms with van der Waals surface area (Å²) in [5.74, 6) is -0.458. The molecule has 1 aliphatic rings. The summed E-state index contributed by atoms with van der Waals surface area (Å²) in [5, 5.41) is 5.64. The van der Waals surface area contributed by atoms with Gasteiger partial charge in [0.1, 0.15) is 0 Å². The van der Waals surface area contributed by atoms with Gasteiger partial charge in [-0.25, -0.2) is 0 Å². The zero-order chi connectivity index (χ0) is 20.5. The molecule has 0 aromatic heterocycles. The first-order valence-corrected chi connectivity index (χ1v) is 9.96. The van der Waals surface area contributed by atoms with Crippen LogP contribution in [0.3, 0.4) is 0 Å². The van der Waals surface area contributed by atoms with Crippen molar-refractivity contribution in [2.24, 2.45) is 0 Å². The number of hydrogen-bond donors (Lipinski definition) is 1. The predicted molar refractivity (Wildman–Crippen MR) is 118 cm³/mol. The fourth-order valence-corrected chi connectivity index (χ4v) is 4.09. The van der Waals surface area contributed by atoms with Crippen LogP contribution in [0.25, 0.3) is 10.8 Å². The molecule has 0 atom stereocenters. The molecular formula is C26H20N2O2. The molecule has 4 aromatic carbocycles. The Morgan fingerprint density at radius 3 is 1.90 bits per heavy atom. The summed E-state index contributed by atoms with van der Waals surface area (Å²) in [6.07, 6.45) is 0. The van der Waals surface area contributed by atoms with Gasteiger partial charge in [-0.05, 0) is 46.2 Å². The lowest BCUT2D eigenvalue weighted by atomic mass is 9.98. The molecule has 0 saturated carbocycles. The summed E-state index contributed by atoms with van der Waals surface area (Å²) in [4.78, 5) is 27.0. The van der Waals surface area contributed by atoms with E-state index < -0.39 is 0 Å². The molecule has 146 valence electrons. The van der Waals surface area contributed by atoms with E-state index in [2.05, 4.69) is 23.5 Å². The Kier molecular flexibility index (Phi) is 4.52. The number of rotatable bonds is 5. The van der Waals surface area contributed by atoms with Gasteiger partial charge >= 0.3 is 0 Å². The summed E-state index contributed by atoms with van der Waals surface area (Å²) in [5.41, 5.74) is 4.10. The molecule has 1 N–H and O–H groups in total. The molecule has 0 unspecified atom stereocenters. The SMILES string of the molecule is O=C1c2ccccc2C(=O)N1Cc1cccc2cccc(CNc3ccccc3)c12. The Bertz CT molecular complexity index is 1220. The van der Waals surface area contributed by atoms with Crippen LogP contribution < -0.4 is 5.32 Å². The summed E-state index contributed by atoms with van der Waals surface area (Å²) < 4.78 is 0. The lowest BCUT2D eigenvalue weighted by Gasteiger charge is -2.18. The molecule has 0 spiro atoms. The molecule has 4 aromatic rings. The van der Waals surface area contributed by atoms with E-state index >= 15 is 0 Å². The summed E-state index contributed by atoms with van der Waals surface area (Å²) in [7, 11) is 0. The van der Waals surface area contributed by atoms with Gasteiger partial charge in [0.2, 0.25) is 0 Å². The second kappa shape index (κ2) is 7.48. The number of fused-ring (bicyclic) bond motifs is 2. The Morgan fingerprint density at radius 1 is 0.633 bits per heavy atom. The lowest BCUT2D eigenvalue weighted by molar-refractivity contribution is 0.0643. The number of carbonyl (C=O) groups is 2. The van der Waals surface area contributed by atoms with Crippen molar-refractivity contribution in [2.75, 3.05) is 5.32 Å². The third-order valence-corrected chi connectivity index (χ3v) is 5.54. The van der Waals surface area contributed by atoms with E-state index in [0.717, 1.165) is 27.6 Å². The zero-order valence-electron chi connectivity index (χ0n) is 16.3. The zero-order valence-corrected chi connectivity index (χ0v) is 16.3. The number of nitrogens with one attached hydrogen (secondary N) is 1. The van der Waals surface area contributed by atoms with Gasteiger partial charge in [-0.2, -0.15) is 0 Å². The number of carbonyl (C=O) groups excluding carboxylic acids is 2. The Balaban J connectivity index is 1.49. The Hall–Kier alpha value is -3.92. The fraction of sp³-hybridized carbons (Fsp3) is 0.0769. The van der Waals surface area contributed by atoms with Crippen LogP contribution in [0.1, 0.15) is 31.8 Å². The fourth-order valence-electron chi connectivity index (χ4n) is 4.09. The average Bonchev–Trinajstić information content (AvgIpc) is 3.03. The maximum Gasteiger partial charge on any atom is 0.261 e. The lowest BCUT2D eigenvalue weighted by Crippen LogP contribution is -2.29. The molecular weight excluding hydrogens is 372 g/mol. The maximum absolute atomic E-state index is 12.8. The van der Waals surface area contributed by atoms with E-state index in [4.69, 9.17) is 0 Å². The van der Waals surface area contributed by atoms with E-state index in [1.807, 2.05) is 48.5 Å². The van der Waals surface area contributed by atoms with Gasteiger partial charge < -0.3 is 5.32 Å². The molecule has 0 bridgehead atoms. The normalized spacial score (nSPS) is 13.0. The molecule has 30 heavy (non-hydrogen) atoms. The van der Waals surface area contributed by atoms with Gasteiger partial charge in [-0.3, -0.25) is 14.5 Å². The van der Waals surface area contributed by atoms with Crippen LogP contribution in [0.4, 0.5) is 5.69 Å². The molecule has 0 saturated heterocycles. The van der Waals surface area contributed by atoms with E-state index in [9.17, 15) is 9.59 Å². The van der Waals surface area contributed by atoms with E-state index in [1.165, 1.54) is 4.90 Å². The highest BCUT2D eigenvalue weighted by molar-refractivity contribution is 6.21. The monoisotopic (exact) mass is 392 g/mol. The largest absolute Gasteiger partial charge is 0.381 e. The predicted octanol–water partition coefficient (Wildman–Crippen LogP) is 5.25. The minimum atomic E-state index is -0.229. The molecule has 0 radical (unpaired) electrons. The second-order valence-electron chi connectivity index (χ2n) is 7.39. The smallest absolute Gasteiger partial charge is 0.261 e. The molecule has 2 amide bonds. The Morgan fingerprint density at radius 2 is 1.23 bits per heavy atom. The first kappa shape index (κ1) is 18.1. The molecule has 0 aliphatic carbocycles. The third kappa shape index (κ3) is 3.12. The third-order valence-electron chi connectivity index (χ3n) is 5.54. The highest BCUT2D eigenvalue weighted by Gasteiger charge is 2.35. The van der Waals surface area contributed by atoms with Gasteiger partial charge in [0.05, 0.1) is 17.7 Å². The van der Waals surface area contributed by atoms with Crippen molar-refractivity contribution in [3.05, 3.63) is 113 Å². The van der Waals surface area contributed by atoms with Gasteiger partial charge in [0.25, 0.3) is 11.8 Å². The van der Waals surface area contributed by atoms with Crippen LogP contribution in [-0.4, -0.2) is 16.7 Å². The van der Waals surface area contributed by atoms with E-state index in [1.54, 1.807) is 24.3 Å². The average molecular weight is 392 g/mol. The first-order valence-electron chi connectivity index (χ1n) is 9.96. The standard InChI is InChI=1S/C26H20N2O2/c29-25-22-14-4-5-15-23(22)26(30)28(25)17-20-11-7-9-18-8-6-10-19(24(18)20)16-27-21-12-2-1-3-13-21/h1-15,27H,16-17H2. The van der Waals surface area contributed by atoms with Crippen molar-refractivity contribution in [2.45, 2.75) is 13.1 Å². The van der Waals surface area contributed by atoms with Crippen molar-refractivity contribution in [3.8, 4) is 0 Å². The van der Waals surface area contributed by atoms with Crippen molar-refractivity contribution < 1.29 is 9.59 Å². The molecule has 1 heterocycles. The second-order valence-corrected chi connectivity index (χ2v) is 7.39. The van der Waals surface area contributed by atoms with Gasteiger partial charge in [0, 0.05) is 12.2 Å². The molecule has 4 nitrogen and oxygen atoms in total. The maximum atomic E-state index is 12.8. The number of anilines is 1. The summed E-state index contributed by atoms with van der Waals surface area (Å²) >= 11 is 0. The molecule has 0 fully saturated rings. The highest BCUT2D eigenvalue weighted by Crippen LogP contribution is 2.29. The van der Waals surface area contributed by atoms with Crippen molar-refractivity contribution in [1.82, 2.24) is 4.90 Å². The van der Waals surface area contributed by atoms with Crippen LogP contribution in [-0.2, 0) is 13.1 Å². The highest BCUT2D eigenvalue weighted by atomic mass is 16.2. The van der Waals surface area contributed by atoms with E-state index in [-0.39, 0.29) is 18.4 Å². The number of hydrogen-bond acceptors (Lipinski definition) is 3. The number of para-hydroxylation sites is 1. The van der Waals surface area contributed by atoms with Crippen LogP contribution >= 0.6 is 0 Å². The van der Waals surface area contributed by atoms with Crippen LogP contribution in [0.2, 0.25) is 0 Å². The minimum Gasteiger partial charge on any atom is -0.381 e. The number of nitrogens with zero attached hydrogens (tertiary/aromatic N) is 1. The van der Waals surface area contributed by atoms with Crippen LogP contribution in [0.5, 0.6) is 0 Å². The first-order chi connectivity index (χ1) is 14.7. The van der Waals surface area contributed by atoms with Crippen LogP contribution in [0.15, 0.2) is 91.0 Å². The van der Waals surface area contributed by atoms with Crippen LogP contribution in [0, 0.1) is 0 Å². The summed E-state index contributed by atoms with van der Waals surface area (Å²) in [6.45, 7) is 0.909. The van der Waals surface area contributed by atoms with Crippen molar-refractivity contribution in [1.29, 1.82) is 0 Å². The molecule has 4 heteroatoms. The number of imide groups is 1. The van der Waals surface area contributed by atoms with Gasteiger partial charge in [0.15, 0.2) is 0 Å². The van der Waals surface area contributed by atoms with E-state index in [0.29, 0.717) is 17.7 Å². The topological polar surface area (TPSA) is 49.4 Å². The quantitative estimate of drug-likeness (QED) is 0.472. The van der Waals surface area contributed by atoms with Crippen molar-refractivity contribution in [3.63, 3.8) is 0 Å². The molecule has 1 aliphatic heterocycles. The van der Waals surface area contributed by atoms with Gasteiger partial charge in [-0.15, -0.1) is 0 Å². The Labute approximate surface area is 174 Å². The summed E-state index contributed by atoms with van der Waals surface area (Å²) in [6, 6.07) is 29.3. The number of amides is 2. The molecule has 5 rings (SSSR count). The van der Waals surface area contributed by atoms with Crippen molar-refractivity contribution >= 4 is 28.3 Å².